The molecule has 3 aromatic carbocycles. The Kier molecular flexibility index (Phi) is 5.86. The first-order valence-electron chi connectivity index (χ1n) is 9.60. The van der Waals surface area contributed by atoms with E-state index < -0.39 is 0 Å². The summed E-state index contributed by atoms with van der Waals surface area (Å²) in [6, 6.07) is 19.1. The largest absolute Gasteiger partial charge is 0.484 e. The van der Waals surface area contributed by atoms with E-state index >= 15 is 0 Å². The van der Waals surface area contributed by atoms with Gasteiger partial charge in [-0.15, -0.1) is 0 Å². The molecule has 0 aliphatic carbocycles. The molecule has 6 heteroatoms. The highest BCUT2D eigenvalue weighted by Gasteiger charge is 2.10. The number of aromatic nitrogens is 1. The molecule has 1 N–H and O–H groups in total. The Morgan fingerprint density at radius 1 is 1.07 bits per heavy atom. The van der Waals surface area contributed by atoms with Gasteiger partial charge in [-0.25, -0.2) is 4.98 Å². The molecule has 1 amide bonds. The molecule has 0 spiro atoms. The van der Waals surface area contributed by atoms with Gasteiger partial charge in [0.1, 0.15) is 11.3 Å². The number of anilines is 1. The molecule has 0 fully saturated rings. The maximum Gasteiger partial charge on any atom is 0.262 e. The van der Waals surface area contributed by atoms with E-state index in [1.165, 1.54) is 5.56 Å². The molecule has 4 aromatic rings. The number of rotatable bonds is 6. The molecule has 4 rings (SSSR count). The number of benzene rings is 3. The van der Waals surface area contributed by atoms with E-state index in [1.807, 2.05) is 49.4 Å². The third-order valence-electron chi connectivity index (χ3n) is 4.64. The summed E-state index contributed by atoms with van der Waals surface area (Å²) in [7, 11) is 0. The minimum atomic E-state index is -0.213. The van der Waals surface area contributed by atoms with Crippen molar-refractivity contribution in [2.75, 3.05) is 11.9 Å². The fourth-order valence-electron chi connectivity index (χ4n) is 3.26. The predicted molar refractivity (Wildman–Crippen MR) is 121 cm³/mol. The highest BCUT2D eigenvalue weighted by atomic mass is 79.9. The zero-order valence-electron chi connectivity index (χ0n) is 16.7. The van der Waals surface area contributed by atoms with Crippen LogP contribution in [0.1, 0.15) is 22.6 Å². The minimum absolute atomic E-state index is 0.0505. The lowest BCUT2D eigenvalue weighted by Crippen LogP contribution is -2.20. The number of hydrogen-bond donors (Lipinski definition) is 1. The number of ether oxygens (including phenoxy) is 1. The normalized spacial score (nSPS) is 10.9. The molecule has 5 nitrogen and oxygen atoms in total. The molecule has 0 aliphatic rings. The summed E-state index contributed by atoms with van der Waals surface area (Å²) < 4.78 is 12.4. The Morgan fingerprint density at radius 2 is 1.80 bits per heavy atom. The molecule has 152 valence electrons. The molecule has 1 aromatic heterocycles. The van der Waals surface area contributed by atoms with Crippen LogP contribution in [0.15, 0.2) is 69.6 Å². The van der Waals surface area contributed by atoms with E-state index in [0.717, 1.165) is 26.7 Å². The van der Waals surface area contributed by atoms with E-state index in [1.54, 1.807) is 12.1 Å². The van der Waals surface area contributed by atoms with Gasteiger partial charge in [-0.05, 0) is 73.0 Å². The van der Waals surface area contributed by atoms with Gasteiger partial charge in [0.2, 0.25) is 0 Å². The molecule has 0 saturated heterocycles. The molecule has 0 saturated carbocycles. The summed E-state index contributed by atoms with van der Waals surface area (Å²) in [5.74, 6) is 1.11. The second kappa shape index (κ2) is 8.71. The lowest BCUT2D eigenvalue weighted by Gasteiger charge is -2.08. The van der Waals surface area contributed by atoms with Crippen LogP contribution in [0.4, 0.5) is 5.69 Å². The Hall–Kier alpha value is -3.12. The minimum Gasteiger partial charge on any atom is -0.484 e. The Morgan fingerprint density at radius 3 is 2.53 bits per heavy atom. The molecular weight excluding hydrogens is 444 g/mol. The van der Waals surface area contributed by atoms with Gasteiger partial charge in [-0.1, -0.05) is 34.1 Å². The quantitative estimate of drug-likeness (QED) is 0.390. The summed E-state index contributed by atoms with van der Waals surface area (Å²) in [5, 5.41) is 2.84. The lowest BCUT2D eigenvalue weighted by atomic mass is 10.1. The summed E-state index contributed by atoms with van der Waals surface area (Å²) in [6.45, 7) is 4.03. The number of hydrogen-bond acceptors (Lipinski definition) is 4. The number of nitrogens with one attached hydrogen (secondary N) is 1. The topological polar surface area (TPSA) is 64.4 Å². The Labute approximate surface area is 183 Å². The average molecular weight is 465 g/mol. The van der Waals surface area contributed by atoms with Crippen LogP contribution >= 0.6 is 15.9 Å². The van der Waals surface area contributed by atoms with Crippen LogP contribution < -0.4 is 10.1 Å². The van der Waals surface area contributed by atoms with Gasteiger partial charge in [-0.2, -0.15) is 0 Å². The molecule has 0 bridgehead atoms. The van der Waals surface area contributed by atoms with Crippen LogP contribution in [-0.2, 0) is 11.2 Å². The van der Waals surface area contributed by atoms with E-state index in [2.05, 4.69) is 39.2 Å². The smallest absolute Gasteiger partial charge is 0.262 e. The highest BCUT2D eigenvalue weighted by Crippen LogP contribution is 2.23. The van der Waals surface area contributed by atoms with Crippen molar-refractivity contribution in [1.29, 1.82) is 0 Å². The highest BCUT2D eigenvalue weighted by molar-refractivity contribution is 9.10. The van der Waals surface area contributed by atoms with Gasteiger partial charge in [0.05, 0.1) is 0 Å². The maximum atomic E-state index is 12.1. The van der Waals surface area contributed by atoms with E-state index in [-0.39, 0.29) is 12.5 Å². The SMILES string of the molecule is Cc1cc(C)c2oc(Cc3ccc(NC(=O)COc4ccc(Br)cc4)cc3)nc2c1. The number of nitrogens with zero attached hydrogens (tertiary/aromatic N) is 1. The second-order valence-electron chi connectivity index (χ2n) is 7.20. The Bertz CT molecular complexity index is 1180. The van der Waals surface area contributed by atoms with E-state index in [9.17, 15) is 4.79 Å². The van der Waals surface area contributed by atoms with Crippen molar-refractivity contribution in [3.05, 3.63) is 87.7 Å². The second-order valence-corrected chi connectivity index (χ2v) is 8.12. The van der Waals surface area contributed by atoms with Crippen molar-refractivity contribution in [2.45, 2.75) is 20.3 Å². The number of carbonyl (C=O) groups is 1. The number of halogens is 1. The molecule has 0 atom stereocenters. The number of oxazole rings is 1. The fraction of sp³-hybridized carbons (Fsp3) is 0.167. The van der Waals surface area contributed by atoms with Crippen LogP contribution in [0, 0.1) is 13.8 Å². The van der Waals surface area contributed by atoms with Crippen molar-refractivity contribution in [2.24, 2.45) is 0 Å². The first kappa shape index (κ1) is 20.2. The van der Waals surface area contributed by atoms with Crippen molar-refractivity contribution >= 4 is 38.6 Å². The molecule has 0 radical (unpaired) electrons. The first-order chi connectivity index (χ1) is 14.5. The maximum absolute atomic E-state index is 12.1. The summed E-state index contributed by atoms with van der Waals surface area (Å²) >= 11 is 3.37. The van der Waals surface area contributed by atoms with Gasteiger partial charge >= 0.3 is 0 Å². The van der Waals surface area contributed by atoms with Crippen LogP contribution in [0.2, 0.25) is 0 Å². The number of aryl methyl sites for hydroxylation is 2. The summed E-state index contributed by atoms with van der Waals surface area (Å²) in [5.41, 5.74) is 5.76. The number of amides is 1. The molecule has 0 aliphatic heterocycles. The summed E-state index contributed by atoms with van der Waals surface area (Å²) in [4.78, 5) is 16.7. The lowest BCUT2D eigenvalue weighted by molar-refractivity contribution is -0.118. The van der Waals surface area contributed by atoms with E-state index in [4.69, 9.17) is 9.15 Å². The zero-order chi connectivity index (χ0) is 21.1. The molecule has 0 unspecified atom stereocenters. The fourth-order valence-corrected chi connectivity index (χ4v) is 3.52. The van der Waals surface area contributed by atoms with Crippen LogP contribution in [0.5, 0.6) is 5.75 Å². The third kappa shape index (κ3) is 4.89. The van der Waals surface area contributed by atoms with Gasteiger partial charge in [0.15, 0.2) is 18.1 Å². The third-order valence-corrected chi connectivity index (χ3v) is 5.17. The molecular formula is C24H21BrN2O3. The van der Waals surface area contributed by atoms with Gasteiger partial charge < -0.3 is 14.5 Å². The van der Waals surface area contributed by atoms with Crippen LogP contribution in [0.25, 0.3) is 11.1 Å². The monoisotopic (exact) mass is 464 g/mol. The van der Waals surface area contributed by atoms with Crippen LogP contribution in [-0.4, -0.2) is 17.5 Å². The summed E-state index contributed by atoms with van der Waals surface area (Å²) in [6.07, 6.45) is 0.591. The van der Waals surface area contributed by atoms with Crippen molar-refractivity contribution in [3.8, 4) is 5.75 Å². The number of carbonyl (C=O) groups excluding carboxylic acids is 1. The molecule has 1 heterocycles. The standard InChI is InChI=1S/C24H21BrN2O3/c1-15-11-16(2)24-21(12-15)27-23(30-24)13-17-3-7-19(8-4-17)26-22(28)14-29-20-9-5-18(25)6-10-20/h3-12H,13-14H2,1-2H3,(H,26,28). The van der Waals surface area contributed by atoms with Gasteiger partial charge in [0.25, 0.3) is 5.91 Å². The van der Waals surface area contributed by atoms with Crippen molar-refractivity contribution < 1.29 is 13.9 Å². The van der Waals surface area contributed by atoms with Crippen molar-refractivity contribution in [3.63, 3.8) is 0 Å². The first-order valence-corrected chi connectivity index (χ1v) is 10.4. The Balaban J connectivity index is 1.35. The predicted octanol–water partition coefficient (Wildman–Crippen LogP) is 5.82. The average Bonchev–Trinajstić information content (AvgIpc) is 3.12. The molecule has 30 heavy (non-hydrogen) atoms. The van der Waals surface area contributed by atoms with Crippen molar-refractivity contribution in [1.82, 2.24) is 4.98 Å². The van der Waals surface area contributed by atoms with E-state index in [0.29, 0.717) is 23.7 Å². The van der Waals surface area contributed by atoms with Gasteiger partial charge in [0, 0.05) is 16.6 Å². The number of fused-ring (bicyclic) bond motifs is 1. The zero-order valence-corrected chi connectivity index (χ0v) is 18.3. The van der Waals surface area contributed by atoms with Crippen LogP contribution in [0.3, 0.4) is 0 Å². The van der Waals surface area contributed by atoms with Gasteiger partial charge in [-0.3, -0.25) is 4.79 Å².